The van der Waals surface area contributed by atoms with E-state index in [2.05, 4.69) is 26.8 Å². The van der Waals surface area contributed by atoms with Gasteiger partial charge in [0.1, 0.15) is 5.75 Å². The molecule has 3 aliphatic rings. The van der Waals surface area contributed by atoms with Crippen LogP contribution in [0.1, 0.15) is 115 Å². The fraction of sp³-hybridized carbons (Fsp3) is 0.788. The number of aromatic hydroxyl groups is 1. The van der Waals surface area contributed by atoms with Crippen molar-refractivity contribution in [2.24, 2.45) is 29.1 Å². The van der Waals surface area contributed by atoms with E-state index in [9.17, 15) is 15.0 Å². The molecule has 0 bridgehead atoms. The minimum absolute atomic E-state index is 0.0903. The number of amides is 1. The van der Waals surface area contributed by atoms with Crippen LogP contribution in [0.25, 0.3) is 0 Å². The van der Waals surface area contributed by atoms with Crippen LogP contribution in [0.4, 0.5) is 4.79 Å². The number of benzene rings is 1. The van der Waals surface area contributed by atoms with Gasteiger partial charge in [-0.15, -0.1) is 0 Å². The molecule has 6 atom stereocenters. The standard InChI is InChI=1S/C33H53NO4/c1-23(2)22-38-32(37)34(4)19-11-9-7-5-6-8-10-12-24-20-25-21-26(35)13-14-27(25)28-17-18-33(3)29(31(24)28)15-16-30(33)36/h13-14,21,23-24,28-31,35-36H,5-12,15-20,22H2,1-4H3/t24-,28?,29?,30+,31?,33+/m1/s1. The molecule has 5 heteroatoms. The Bertz CT molecular complexity index is 916. The summed E-state index contributed by atoms with van der Waals surface area (Å²) in [5.74, 6) is 3.32. The number of aliphatic hydroxyl groups excluding tert-OH is 1. The predicted octanol–water partition coefficient (Wildman–Crippen LogP) is 7.68. The van der Waals surface area contributed by atoms with Crippen LogP contribution in [-0.4, -0.2) is 47.5 Å². The van der Waals surface area contributed by atoms with E-state index in [0.29, 0.717) is 41.9 Å². The molecule has 2 N–H and O–H groups in total. The number of phenolic OH excluding ortho intramolecular Hbond substituents is 1. The molecule has 214 valence electrons. The summed E-state index contributed by atoms with van der Waals surface area (Å²) in [5.41, 5.74) is 2.94. The second-order valence-electron chi connectivity index (χ2n) is 13.4. The molecular weight excluding hydrogens is 474 g/mol. The summed E-state index contributed by atoms with van der Waals surface area (Å²) in [6, 6.07) is 6.10. The molecule has 0 spiro atoms. The van der Waals surface area contributed by atoms with Gasteiger partial charge in [-0.25, -0.2) is 4.79 Å². The molecular formula is C33H53NO4. The Morgan fingerprint density at radius 2 is 1.79 bits per heavy atom. The monoisotopic (exact) mass is 527 g/mol. The number of rotatable bonds is 12. The maximum Gasteiger partial charge on any atom is 0.409 e. The summed E-state index contributed by atoms with van der Waals surface area (Å²) in [4.78, 5) is 13.7. The lowest BCUT2D eigenvalue weighted by Gasteiger charge is -2.53. The molecule has 1 amide bonds. The van der Waals surface area contributed by atoms with E-state index in [0.717, 1.165) is 38.6 Å². The van der Waals surface area contributed by atoms with Crippen LogP contribution in [0.15, 0.2) is 18.2 Å². The molecule has 1 aromatic carbocycles. The molecule has 5 nitrogen and oxygen atoms in total. The predicted molar refractivity (Wildman–Crippen MR) is 153 cm³/mol. The van der Waals surface area contributed by atoms with E-state index in [1.807, 2.05) is 19.2 Å². The smallest absolute Gasteiger partial charge is 0.409 e. The fourth-order valence-corrected chi connectivity index (χ4v) is 8.11. The van der Waals surface area contributed by atoms with Crippen LogP contribution in [0.2, 0.25) is 0 Å². The van der Waals surface area contributed by atoms with E-state index in [4.69, 9.17) is 4.74 Å². The van der Waals surface area contributed by atoms with Crippen LogP contribution in [0.3, 0.4) is 0 Å². The lowest BCUT2D eigenvalue weighted by molar-refractivity contribution is -0.0396. The zero-order chi connectivity index (χ0) is 27.3. The number of ether oxygens (including phenoxy) is 1. The molecule has 0 aliphatic heterocycles. The molecule has 0 radical (unpaired) electrons. The molecule has 3 unspecified atom stereocenters. The molecule has 1 aromatic rings. The minimum atomic E-state index is -0.202. The van der Waals surface area contributed by atoms with Gasteiger partial charge in [0.2, 0.25) is 0 Å². The summed E-state index contributed by atoms with van der Waals surface area (Å²) in [6.45, 7) is 7.73. The Morgan fingerprint density at radius 1 is 1.08 bits per heavy atom. The molecule has 0 aromatic heterocycles. The molecule has 0 heterocycles. The van der Waals surface area contributed by atoms with E-state index >= 15 is 0 Å². The van der Waals surface area contributed by atoms with Crippen LogP contribution in [0, 0.1) is 29.1 Å². The average Bonchev–Trinajstić information content (AvgIpc) is 3.19. The van der Waals surface area contributed by atoms with Gasteiger partial charge in [-0.05, 0) is 103 Å². The number of hydrogen-bond acceptors (Lipinski definition) is 4. The molecule has 4 rings (SSSR count). The Labute approximate surface area is 231 Å². The summed E-state index contributed by atoms with van der Waals surface area (Å²) in [7, 11) is 1.83. The molecule has 0 saturated heterocycles. The first-order valence-corrected chi connectivity index (χ1v) is 15.6. The minimum Gasteiger partial charge on any atom is -0.508 e. The van der Waals surface area contributed by atoms with E-state index in [1.165, 1.54) is 62.5 Å². The Morgan fingerprint density at radius 3 is 2.53 bits per heavy atom. The number of hydrogen-bond donors (Lipinski definition) is 2. The first-order valence-electron chi connectivity index (χ1n) is 15.6. The highest BCUT2D eigenvalue weighted by atomic mass is 16.6. The van der Waals surface area contributed by atoms with Gasteiger partial charge in [0.25, 0.3) is 0 Å². The normalized spacial score (nSPS) is 30.0. The van der Waals surface area contributed by atoms with Crippen molar-refractivity contribution in [3.63, 3.8) is 0 Å². The molecule has 38 heavy (non-hydrogen) atoms. The van der Waals surface area contributed by atoms with Gasteiger partial charge in [-0.3, -0.25) is 0 Å². The topological polar surface area (TPSA) is 70.0 Å². The molecule has 3 aliphatic carbocycles. The van der Waals surface area contributed by atoms with Crippen LogP contribution >= 0.6 is 0 Å². The zero-order valence-electron chi connectivity index (χ0n) is 24.5. The van der Waals surface area contributed by atoms with Gasteiger partial charge >= 0.3 is 6.09 Å². The maximum atomic E-state index is 12.0. The van der Waals surface area contributed by atoms with Crippen molar-refractivity contribution >= 4 is 6.09 Å². The van der Waals surface area contributed by atoms with Gasteiger partial charge in [-0.2, -0.15) is 0 Å². The van der Waals surface area contributed by atoms with Crippen molar-refractivity contribution in [2.45, 2.75) is 116 Å². The molecule has 2 saturated carbocycles. The van der Waals surface area contributed by atoms with Gasteiger partial charge in [0.05, 0.1) is 12.7 Å². The van der Waals surface area contributed by atoms with Crippen LogP contribution in [0.5, 0.6) is 5.75 Å². The van der Waals surface area contributed by atoms with Crippen molar-refractivity contribution in [1.29, 1.82) is 0 Å². The Kier molecular flexibility index (Phi) is 10.1. The second kappa shape index (κ2) is 13.1. The summed E-state index contributed by atoms with van der Waals surface area (Å²) in [6.07, 6.45) is 15.0. The van der Waals surface area contributed by atoms with E-state index < -0.39 is 0 Å². The number of unbranched alkanes of at least 4 members (excludes halogenated alkanes) is 6. The number of nitrogens with zero attached hydrogens (tertiary/aromatic N) is 1. The van der Waals surface area contributed by atoms with Gasteiger partial charge in [-0.1, -0.05) is 65.4 Å². The third-order valence-electron chi connectivity index (χ3n) is 10.3. The van der Waals surface area contributed by atoms with Gasteiger partial charge in [0.15, 0.2) is 0 Å². The fourth-order valence-electron chi connectivity index (χ4n) is 8.11. The Balaban J connectivity index is 1.20. The highest BCUT2D eigenvalue weighted by Gasteiger charge is 2.56. The van der Waals surface area contributed by atoms with Crippen molar-refractivity contribution in [2.75, 3.05) is 20.2 Å². The van der Waals surface area contributed by atoms with Crippen LogP contribution < -0.4 is 0 Å². The van der Waals surface area contributed by atoms with Crippen LogP contribution in [-0.2, 0) is 11.2 Å². The third kappa shape index (κ3) is 6.69. The lowest BCUT2D eigenvalue weighted by Crippen LogP contribution is -2.47. The van der Waals surface area contributed by atoms with Crippen molar-refractivity contribution in [1.82, 2.24) is 4.90 Å². The highest BCUT2D eigenvalue weighted by molar-refractivity contribution is 5.67. The largest absolute Gasteiger partial charge is 0.508 e. The summed E-state index contributed by atoms with van der Waals surface area (Å²) < 4.78 is 5.29. The maximum absolute atomic E-state index is 12.0. The number of phenols is 1. The van der Waals surface area contributed by atoms with Crippen molar-refractivity contribution in [3.8, 4) is 5.75 Å². The van der Waals surface area contributed by atoms with E-state index in [-0.39, 0.29) is 17.6 Å². The third-order valence-corrected chi connectivity index (χ3v) is 10.3. The van der Waals surface area contributed by atoms with E-state index in [1.54, 1.807) is 4.90 Å². The number of aliphatic hydroxyl groups is 1. The SMILES string of the molecule is CC(C)COC(=O)N(C)CCCCCCCCC[C@@H]1Cc2cc(O)ccc2C2CC[C@@]3(C)C(CC[C@@H]3O)C21. The second-order valence-corrected chi connectivity index (χ2v) is 13.4. The highest BCUT2D eigenvalue weighted by Crippen LogP contribution is 2.62. The zero-order valence-corrected chi connectivity index (χ0v) is 24.5. The lowest BCUT2D eigenvalue weighted by atomic mass is 9.52. The average molecular weight is 528 g/mol. The first-order chi connectivity index (χ1) is 18.2. The first kappa shape index (κ1) is 29.2. The summed E-state index contributed by atoms with van der Waals surface area (Å²) in [5, 5.41) is 21.0. The number of carbonyl (C=O) groups excluding carboxylic acids is 1. The van der Waals surface area contributed by atoms with Crippen molar-refractivity contribution in [3.05, 3.63) is 29.3 Å². The quantitative estimate of drug-likeness (QED) is 0.274. The number of carbonyl (C=O) groups is 1. The molecule has 2 fully saturated rings. The van der Waals surface area contributed by atoms with Gasteiger partial charge in [0, 0.05) is 13.6 Å². The van der Waals surface area contributed by atoms with Crippen molar-refractivity contribution < 1.29 is 19.7 Å². The summed E-state index contributed by atoms with van der Waals surface area (Å²) >= 11 is 0. The van der Waals surface area contributed by atoms with Gasteiger partial charge < -0.3 is 19.8 Å². The number of fused-ring (bicyclic) bond motifs is 5. The Hall–Kier alpha value is -1.75.